The minimum Gasteiger partial charge on any atom is -0.493 e. The number of methoxy groups -OCH3 is 2. The number of aliphatic hydroxyl groups is 1. The molecule has 7 heteroatoms. The Morgan fingerprint density at radius 1 is 1.07 bits per heavy atom. The van der Waals surface area contributed by atoms with E-state index in [-0.39, 0.29) is 6.10 Å². The number of pyridine rings is 1. The Kier molecular flexibility index (Phi) is 4.85. The molecule has 3 N–H and O–H groups in total. The number of H-pyrrole nitrogens is 1. The van der Waals surface area contributed by atoms with Crippen molar-refractivity contribution in [2.45, 2.75) is 37.8 Å². The summed E-state index contributed by atoms with van der Waals surface area (Å²) in [7, 11) is 3.24. The Hall–Kier alpha value is -2.80. The van der Waals surface area contributed by atoms with Crippen molar-refractivity contribution in [3.8, 4) is 22.9 Å². The molecule has 1 fully saturated rings. The predicted octanol–water partition coefficient (Wildman–Crippen LogP) is 3.36. The molecule has 0 unspecified atom stereocenters. The molecule has 4 rings (SSSR count). The Morgan fingerprint density at radius 2 is 1.85 bits per heavy atom. The van der Waals surface area contributed by atoms with E-state index in [9.17, 15) is 5.11 Å². The van der Waals surface area contributed by atoms with Gasteiger partial charge in [0.05, 0.1) is 25.8 Å². The van der Waals surface area contributed by atoms with Crippen molar-refractivity contribution in [1.29, 1.82) is 0 Å². The monoisotopic (exact) mass is 368 g/mol. The number of anilines is 1. The van der Waals surface area contributed by atoms with E-state index >= 15 is 0 Å². The molecule has 1 aliphatic carbocycles. The maximum Gasteiger partial charge on any atom is 0.161 e. The molecule has 1 aromatic carbocycles. The molecule has 7 nitrogen and oxygen atoms in total. The van der Waals surface area contributed by atoms with Crippen LogP contribution in [0.5, 0.6) is 11.5 Å². The minimum absolute atomic E-state index is 0.172. The van der Waals surface area contributed by atoms with Crippen molar-refractivity contribution in [3.63, 3.8) is 0 Å². The third-order valence-electron chi connectivity index (χ3n) is 5.10. The summed E-state index contributed by atoms with van der Waals surface area (Å²) in [5.74, 6) is 2.87. The van der Waals surface area contributed by atoms with Crippen molar-refractivity contribution in [3.05, 3.63) is 30.5 Å². The third kappa shape index (κ3) is 3.55. The second-order valence-corrected chi connectivity index (χ2v) is 6.86. The summed E-state index contributed by atoms with van der Waals surface area (Å²) in [6.07, 6.45) is 5.13. The minimum atomic E-state index is -0.172. The Balaban J connectivity index is 1.64. The van der Waals surface area contributed by atoms with Crippen LogP contribution < -0.4 is 14.8 Å². The first-order valence-corrected chi connectivity index (χ1v) is 9.19. The molecule has 0 radical (unpaired) electrons. The van der Waals surface area contributed by atoms with Gasteiger partial charge in [-0.05, 0) is 49.9 Å². The van der Waals surface area contributed by atoms with Gasteiger partial charge in [0.2, 0.25) is 0 Å². The van der Waals surface area contributed by atoms with Gasteiger partial charge in [0.15, 0.2) is 17.3 Å². The van der Waals surface area contributed by atoms with E-state index in [0.29, 0.717) is 17.5 Å². The van der Waals surface area contributed by atoms with Crippen LogP contribution in [0.25, 0.3) is 22.4 Å². The van der Waals surface area contributed by atoms with Gasteiger partial charge in [0.25, 0.3) is 0 Å². The molecule has 1 saturated carbocycles. The first kappa shape index (κ1) is 17.6. The molecule has 0 bridgehead atoms. The van der Waals surface area contributed by atoms with Crippen LogP contribution >= 0.6 is 0 Å². The molecule has 3 aromatic rings. The molecule has 1 aliphatic rings. The number of fused-ring (bicyclic) bond motifs is 1. The maximum absolute atomic E-state index is 9.69. The van der Waals surface area contributed by atoms with Crippen molar-refractivity contribution >= 4 is 16.9 Å². The van der Waals surface area contributed by atoms with E-state index in [1.54, 1.807) is 20.4 Å². The van der Waals surface area contributed by atoms with E-state index in [1.165, 1.54) is 0 Å². The average Bonchev–Trinajstić information content (AvgIpc) is 3.14. The Morgan fingerprint density at radius 3 is 2.59 bits per heavy atom. The number of rotatable bonds is 5. The van der Waals surface area contributed by atoms with Gasteiger partial charge in [0.1, 0.15) is 11.3 Å². The van der Waals surface area contributed by atoms with Crippen LogP contribution in [0.2, 0.25) is 0 Å². The van der Waals surface area contributed by atoms with Crippen molar-refractivity contribution in [1.82, 2.24) is 15.0 Å². The van der Waals surface area contributed by atoms with Crippen LogP contribution in [-0.2, 0) is 0 Å². The zero-order valence-corrected chi connectivity index (χ0v) is 15.5. The highest BCUT2D eigenvalue weighted by molar-refractivity contribution is 5.88. The first-order valence-electron chi connectivity index (χ1n) is 9.19. The number of nitrogens with one attached hydrogen (secondary N) is 2. The van der Waals surface area contributed by atoms with Crippen LogP contribution in [-0.4, -0.2) is 46.4 Å². The van der Waals surface area contributed by atoms with Crippen molar-refractivity contribution in [2.24, 2.45) is 0 Å². The summed E-state index contributed by atoms with van der Waals surface area (Å²) in [6, 6.07) is 7.95. The van der Waals surface area contributed by atoms with Crippen LogP contribution in [0.3, 0.4) is 0 Å². The van der Waals surface area contributed by atoms with E-state index in [2.05, 4.69) is 15.3 Å². The largest absolute Gasteiger partial charge is 0.493 e. The number of ether oxygens (including phenoxy) is 2. The summed E-state index contributed by atoms with van der Waals surface area (Å²) in [6.45, 7) is 0. The molecule has 27 heavy (non-hydrogen) atoms. The Labute approximate surface area is 157 Å². The lowest BCUT2D eigenvalue weighted by Gasteiger charge is -2.26. The van der Waals surface area contributed by atoms with Crippen molar-refractivity contribution in [2.75, 3.05) is 19.5 Å². The lowest BCUT2D eigenvalue weighted by atomic mass is 9.93. The van der Waals surface area contributed by atoms with Crippen LogP contribution in [0.15, 0.2) is 30.5 Å². The van der Waals surface area contributed by atoms with Gasteiger partial charge >= 0.3 is 0 Å². The molecule has 0 saturated heterocycles. The molecule has 0 atom stereocenters. The highest BCUT2D eigenvalue weighted by Crippen LogP contribution is 2.33. The van der Waals surface area contributed by atoms with E-state index in [0.717, 1.165) is 53.9 Å². The smallest absolute Gasteiger partial charge is 0.161 e. The van der Waals surface area contributed by atoms with E-state index in [4.69, 9.17) is 14.5 Å². The SMILES string of the molecule is COc1ccc(-c2nc3c(NC4CCC(O)CC4)nccc3[nH]2)cc1OC. The summed E-state index contributed by atoms with van der Waals surface area (Å²) in [5.41, 5.74) is 2.65. The number of nitrogens with zero attached hydrogens (tertiary/aromatic N) is 2. The summed E-state index contributed by atoms with van der Waals surface area (Å²) >= 11 is 0. The Bertz CT molecular complexity index is 932. The molecular weight excluding hydrogens is 344 g/mol. The van der Waals surface area contributed by atoms with Gasteiger partial charge in [-0.3, -0.25) is 0 Å². The maximum atomic E-state index is 9.69. The fourth-order valence-electron chi connectivity index (χ4n) is 3.57. The number of aromatic amines is 1. The van der Waals surface area contributed by atoms with Gasteiger partial charge in [-0.15, -0.1) is 0 Å². The first-order chi connectivity index (χ1) is 13.2. The number of aromatic nitrogens is 3. The second kappa shape index (κ2) is 7.44. The fourth-order valence-corrected chi connectivity index (χ4v) is 3.57. The normalized spacial score (nSPS) is 19.8. The average molecular weight is 368 g/mol. The number of aliphatic hydroxyl groups excluding tert-OH is 1. The number of benzene rings is 1. The van der Waals surface area contributed by atoms with E-state index < -0.39 is 0 Å². The van der Waals surface area contributed by atoms with Crippen LogP contribution in [0.1, 0.15) is 25.7 Å². The van der Waals surface area contributed by atoms with Crippen LogP contribution in [0, 0.1) is 0 Å². The molecule has 2 aromatic heterocycles. The molecule has 142 valence electrons. The summed E-state index contributed by atoms with van der Waals surface area (Å²) in [5, 5.41) is 13.2. The second-order valence-electron chi connectivity index (χ2n) is 6.86. The summed E-state index contributed by atoms with van der Waals surface area (Å²) < 4.78 is 10.7. The topological polar surface area (TPSA) is 92.3 Å². The van der Waals surface area contributed by atoms with Gasteiger partial charge < -0.3 is 24.9 Å². The highest BCUT2D eigenvalue weighted by atomic mass is 16.5. The van der Waals surface area contributed by atoms with E-state index in [1.807, 2.05) is 24.3 Å². The van der Waals surface area contributed by atoms with Gasteiger partial charge in [-0.25, -0.2) is 9.97 Å². The quantitative estimate of drug-likeness (QED) is 0.640. The third-order valence-corrected chi connectivity index (χ3v) is 5.10. The number of hydrogen-bond donors (Lipinski definition) is 3. The van der Waals surface area contributed by atoms with Crippen molar-refractivity contribution < 1.29 is 14.6 Å². The molecule has 2 heterocycles. The molecule has 0 aliphatic heterocycles. The number of hydrogen-bond acceptors (Lipinski definition) is 6. The van der Waals surface area contributed by atoms with Gasteiger partial charge in [0, 0.05) is 17.8 Å². The van der Waals surface area contributed by atoms with Gasteiger partial charge in [-0.2, -0.15) is 0 Å². The predicted molar refractivity (Wildman–Crippen MR) is 104 cm³/mol. The highest BCUT2D eigenvalue weighted by Gasteiger charge is 2.21. The molecule has 0 spiro atoms. The van der Waals surface area contributed by atoms with Gasteiger partial charge in [-0.1, -0.05) is 0 Å². The molecule has 0 amide bonds. The zero-order valence-electron chi connectivity index (χ0n) is 15.5. The lowest BCUT2D eigenvalue weighted by molar-refractivity contribution is 0.126. The zero-order chi connectivity index (χ0) is 18.8. The molecular formula is C20H24N4O3. The number of imidazole rings is 1. The summed E-state index contributed by atoms with van der Waals surface area (Å²) in [4.78, 5) is 12.6. The lowest BCUT2D eigenvalue weighted by Crippen LogP contribution is -2.28. The van der Waals surface area contributed by atoms with Crippen LogP contribution in [0.4, 0.5) is 5.82 Å². The fraction of sp³-hybridized carbons (Fsp3) is 0.400. The standard InChI is InChI=1S/C20H24N4O3/c1-26-16-8-3-12(11-17(16)27-2)19-23-15-9-10-21-20(18(15)24-19)22-13-4-6-14(25)7-5-13/h3,8-11,13-14,25H,4-7H2,1-2H3,(H,21,22)(H,23,24).